The summed E-state index contributed by atoms with van der Waals surface area (Å²) in [4.78, 5) is 15.3. The molecule has 1 aromatic heterocycles. The monoisotopic (exact) mass is 266 g/mol. The molecule has 1 atom stereocenters. The van der Waals surface area contributed by atoms with Gasteiger partial charge in [-0.05, 0) is 19.9 Å². The Kier molecular flexibility index (Phi) is 4.20. The van der Waals surface area contributed by atoms with Crippen molar-refractivity contribution >= 4 is 46.5 Å². The summed E-state index contributed by atoms with van der Waals surface area (Å²) in [5.41, 5.74) is 0.596. The molecule has 0 spiro atoms. The van der Waals surface area contributed by atoms with Gasteiger partial charge in [-0.1, -0.05) is 23.2 Å². The molecule has 1 heterocycles. The van der Waals surface area contributed by atoms with Crippen LogP contribution in [0.1, 0.15) is 12.6 Å². The van der Waals surface area contributed by atoms with Crippen molar-refractivity contribution in [3.63, 3.8) is 0 Å². The van der Waals surface area contributed by atoms with Crippen LogP contribution in [0.15, 0.2) is 6.07 Å². The zero-order valence-electron chi connectivity index (χ0n) is 8.14. The van der Waals surface area contributed by atoms with Gasteiger partial charge < -0.3 is 5.32 Å². The second kappa shape index (κ2) is 5.01. The van der Waals surface area contributed by atoms with Gasteiger partial charge in [0.2, 0.25) is 5.91 Å². The van der Waals surface area contributed by atoms with Crippen molar-refractivity contribution in [3.05, 3.63) is 21.8 Å². The second-order valence-corrected chi connectivity index (χ2v) is 4.46. The lowest BCUT2D eigenvalue weighted by Crippen LogP contribution is -2.21. The summed E-state index contributed by atoms with van der Waals surface area (Å²) < 4.78 is 0. The highest BCUT2D eigenvalue weighted by Crippen LogP contribution is 2.25. The summed E-state index contributed by atoms with van der Waals surface area (Å²) in [7, 11) is 0. The SMILES string of the molecule is Cc1nc(NC(=O)C(C)Cl)c(Cl)cc1Cl. The Morgan fingerprint density at radius 1 is 1.47 bits per heavy atom. The number of carbonyl (C=O) groups excluding carboxylic acids is 1. The number of aromatic nitrogens is 1. The third-order valence-electron chi connectivity index (χ3n) is 1.71. The summed E-state index contributed by atoms with van der Waals surface area (Å²) in [5.74, 6) is -0.0798. The molecule has 1 unspecified atom stereocenters. The first kappa shape index (κ1) is 12.6. The van der Waals surface area contributed by atoms with Gasteiger partial charge in [0, 0.05) is 0 Å². The van der Waals surface area contributed by atoms with Crippen LogP contribution in [0.5, 0.6) is 0 Å². The lowest BCUT2D eigenvalue weighted by atomic mass is 10.3. The Hall–Kier alpha value is -0.510. The van der Waals surface area contributed by atoms with Crippen molar-refractivity contribution in [2.45, 2.75) is 19.2 Å². The predicted molar refractivity (Wildman–Crippen MR) is 62.9 cm³/mol. The Labute approximate surface area is 103 Å². The van der Waals surface area contributed by atoms with Crippen molar-refractivity contribution in [1.29, 1.82) is 0 Å². The van der Waals surface area contributed by atoms with Crippen molar-refractivity contribution in [2.24, 2.45) is 0 Å². The van der Waals surface area contributed by atoms with Crippen LogP contribution in [0, 0.1) is 6.92 Å². The van der Waals surface area contributed by atoms with Gasteiger partial charge in [-0.15, -0.1) is 11.6 Å². The van der Waals surface area contributed by atoms with Crippen molar-refractivity contribution < 1.29 is 4.79 Å². The van der Waals surface area contributed by atoms with E-state index in [9.17, 15) is 4.79 Å². The topological polar surface area (TPSA) is 42.0 Å². The second-order valence-electron chi connectivity index (χ2n) is 2.99. The van der Waals surface area contributed by atoms with Crippen molar-refractivity contribution in [1.82, 2.24) is 4.98 Å². The average molecular weight is 268 g/mol. The molecule has 0 aromatic carbocycles. The third-order valence-corrected chi connectivity index (χ3v) is 2.58. The van der Waals surface area contributed by atoms with E-state index >= 15 is 0 Å². The minimum Gasteiger partial charge on any atom is -0.308 e. The first-order valence-corrected chi connectivity index (χ1v) is 5.38. The van der Waals surface area contributed by atoms with Crippen LogP contribution in [-0.2, 0) is 4.79 Å². The van der Waals surface area contributed by atoms with Crippen molar-refractivity contribution in [3.8, 4) is 0 Å². The van der Waals surface area contributed by atoms with Gasteiger partial charge in [-0.3, -0.25) is 4.79 Å². The van der Waals surface area contributed by atoms with Crippen LogP contribution < -0.4 is 5.32 Å². The molecule has 0 aliphatic carbocycles. The highest BCUT2D eigenvalue weighted by molar-refractivity contribution is 6.37. The number of anilines is 1. The molecule has 1 N–H and O–H groups in total. The first-order chi connectivity index (χ1) is 6.91. The van der Waals surface area contributed by atoms with E-state index < -0.39 is 5.38 Å². The molecule has 0 saturated heterocycles. The number of pyridine rings is 1. The van der Waals surface area contributed by atoms with E-state index in [1.165, 1.54) is 6.07 Å². The average Bonchev–Trinajstić information content (AvgIpc) is 2.13. The molecule has 0 saturated carbocycles. The molecule has 1 aromatic rings. The molecule has 1 amide bonds. The minimum absolute atomic E-state index is 0.274. The molecular formula is C9H9Cl3N2O. The number of alkyl halides is 1. The number of carbonyl (C=O) groups is 1. The molecular weight excluding hydrogens is 258 g/mol. The number of hydrogen-bond donors (Lipinski definition) is 1. The molecule has 6 heteroatoms. The molecule has 3 nitrogen and oxygen atoms in total. The largest absolute Gasteiger partial charge is 0.308 e. The van der Waals surface area contributed by atoms with E-state index in [4.69, 9.17) is 34.8 Å². The van der Waals surface area contributed by atoms with Gasteiger partial charge in [0.15, 0.2) is 5.82 Å². The smallest absolute Gasteiger partial charge is 0.243 e. The Morgan fingerprint density at radius 2 is 2.07 bits per heavy atom. The fourth-order valence-electron chi connectivity index (χ4n) is 0.862. The number of hydrogen-bond acceptors (Lipinski definition) is 2. The summed E-state index contributed by atoms with van der Waals surface area (Å²) >= 11 is 17.2. The molecule has 0 fully saturated rings. The molecule has 15 heavy (non-hydrogen) atoms. The fraction of sp³-hybridized carbons (Fsp3) is 0.333. The summed E-state index contributed by atoms with van der Waals surface area (Å²) in [5, 5.41) is 2.61. The number of nitrogens with one attached hydrogen (secondary N) is 1. The standard InChI is InChI=1S/C9H9Cl3N2O/c1-4(10)9(15)14-8-7(12)3-6(11)5(2)13-8/h3-4H,1-2H3,(H,13,14,15). The predicted octanol–water partition coefficient (Wildman–Crippen LogP) is 3.26. The van der Waals surface area contributed by atoms with E-state index in [0.29, 0.717) is 10.7 Å². The number of amides is 1. The zero-order chi connectivity index (χ0) is 11.6. The van der Waals surface area contributed by atoms with Crippen LogP contribution in [0.3, 0.4) is 0 Å². The number of nitrogens with zero attached hydrogens (tertiary/aromatic N) is 1. The van der Waals surface area contributed by atoms with Crippen LogP contribution in [-0.4, -0.2) is 16.3 Å². The molecule has 0 aliphatic heterocycles. The highest BCUT2D eigenvalue weighted by atomic mass is 35.5. The maximum absolute atomic E-state index is 11.3. The molecule has 0 radical (unpaired) electrons. The molecule has 82 valence electrons. The zero-order valence-corrected chi connectivity index (χ0v) is 10.4. The van der Waals surface area contributed by atoms with E-state index in [1.54, 1.807) is 13.8 Å². The lowest BCUT2D eigenvalue weighted by Gasteiger charge is -2.08. The van der Waals surface area contributed by atoms with Crippen LogP contribution in [0.4, 0.5) is 5.82 Å². The Morgan fingerprint density at radius 3 is 2.60 bits per heavy atom. The van der Waals surface area contributed by atoms with E-state index in [-0.39, 0.29) is 16.7 Å². The number of halogens is 3. The maximum Gasteiger partial charge on any atom is 0.243 e. The number of aryl methyl sites for hydroxylation is 1. The lowest BCUT2D eigenvalue weighted by molar-refractivity contribution is -0.115. The minimum atomic E-state index is -0.640. The normalized spacial score (nSPS) is 12.3. The summed E-state index contributed by atoms with van der Waals surface area (Å²) in [6.45, 7) is 3.28. The first-order valence-electron chi connectivity index (χ1n) is 4.19. The van der Waals surface area contributed by atoms with Crippen LogP contribution in [0.25, 0.3) is 0 Å². The van der Waals surface area contributed by atoms with Crippen LogP contribution >= 0.6 is 34.8 Å². The maximum atomic E-state index is 11.3. The van der Waals surface area contributed by atoms with Gasteiger partial charge in [0.1, 0.15) is 5.38 Å². The van der Waals surface area contributed by atoms with Gasteiger partial charge in [-0.25, -0.2) is 4.98 Å². The van der Waals surface area contributed by atoms with Gasteiger partial charge in [0.25, 0.3) is 0 Å². The van der Waals surface area contributed by atoms with E-state index in [0.717, 1.165) is 0 Å². The molecule has 0 bridgehead atoms. The van der Waals surface area contributed by atoms with Crippen molar-refractivity contribution in [2.75, 3.05) is 5.32 Å². The molecule has 0 aliphatic rings. The summed E-state index contributed by atoms with van der Waals surface area (Å²) in [6, 6.07) is 1.53. The third kappa shape index (κ3) is 3.23. The Balaban J connectivity index is 2.96. The Bertz CT molecular complexity index is 393. The van der Waals surface area contributed by atoms with Gasteiger partial charge in [-0.2, -0.15) is 0 Å². The highest BCUT2D eigenvalue weighted by Gasteiger charge is 2.13. The van der Waals surface area contributed by atoms with E-state index in [1.807, 2.05) is 0 Å². The van der Waals surface area contributed by atoms with Gasteiger partial charge in [0.05, 0.1) is 15.7 Å². The number of rotatable bonds is 2. The fourth-order valence-corrected chi connectivity index (χ4v) is 1.32. The molecule has 1 rings (SSSR count). The summed E-state index contributed by atoms with van der Waals surface area (Å²) in [6.07, 6.45) is 0. The van der Waals surface area contributed by atoms with E-state index in [2.05, 4.69) is 10.3 Å². The van der Waals surface area contributed by atoms with Gasteiger partial charge >= 0.3 is 0 Å². The quantitative estimate of drug-likeness (QED) is 0.836. The van der Waals surface area contributed by atoms with Crippen LogP contribution in [0.2, 0.25) is 10.0 Å².